The Hall–Kier alpha value is -1.38. The number of likely N-dealkylation sites (tertiary alicyclic amines) is 1. The van der Waals surface area contributed by atoms with Crippen LogP contribution in [0.5, 0.6) is 0 Å². The zero-order valence-electron chi connectivity index (χ0n) is 18.1. The third kappa shape index (κ3) is 4.75. The standard InChI is InChI=1S/C22H32N4O2S2/c1-13(2)26-10-8-15(9-11-26)23-20(27)14(3)29-12-18-24-21(28)19-16-6-4-5-7-17(16)30-22(19)25-18/h13-15H,4-12H2,1-3H3,(H,23,27)(H,24,25,28)/t14-/m0/s1. The number of thioether (sulfide) groups is 1. The van der Waals surface area contributed by atoms with Gasteiger partial charge in [0.15, 0.2) is 0 Å². The molecule has 1 fully saturated rings. The van der Waals surface area contributed by atoms with E-state index in [1.165, 1.54) is 28.6 Å². The molecule has 6 nitrogen and oxygen atoms in total. The molecule has 8 heteroatoms. The summed E-state index contributed by atoms with van der Waals surface area (Å²) in [7, 11) is 0. The molecule has 164 valence electrons. The summed E-state index contributed by atoms with van der Waals surface area (Å²) in [6.07, 6.45) is 6.42. The van der Waals surface area contributed by atoms with Crippen molar-refractivity contribution in [1.29, 1.82) is 0 Å². The van der Waals surface area contributed by atoms with Gasteiger partial charge in [0.05, 0.1) is 16.4 Å². The molecule has 0 unspecified atom stereocenters. The molecule has 2 aliphatic rings. The smallest absolute Gasteiger partial charge is 0.259 e. The van der Waals surface area contributed by atoms with Gasteiger partial charge >= 0.3 is 0 Å². The molecule has 0 saturated carbocycles. The summed E-state index contributed by atoms with van der Waals surface area (Å²) in [5, 5.41) is 3.83. The van der Waals surface area contributed by atoms with Crippen LogP contribution in [-0.2, 0) is 23.4 Å². The van der Waals surface area contributed by atoms with Crippen LogP contribution < -0.4 is 10.9 Å². The third-order valence-electron chi connectivity index (χ3n) is 6.32. The molecule has 4 rings (SSSR count). The van der Waals surface area contributed by atoms with Crippen LogP contribution >= 0.6 is 23.1 Å². The predicted molar refractivity (Wildman–Crippen MR) is 126 cm³/mol. The molecule has 30 heavy (non-hydrogen) atoms. The highest BCUT2D eigenvalue weighted by molar-refractivity contribution is 7.99. The van der Waals surface area contributed by atoms with E-state index in [2.05, 4.69) is 29.0 Å². The lowest BCUT2D eigenvalue weighted by Gasteiger charge is -2.35. The third-order valence-corrected chi connectivity index (χ3v) is 8.66. The van der Waals surface area contributed by atoms with Gasteiger partial charge in [-0.1, -0.05) is 0 Å². The van der Waals surface area contributed by atoms with E-state index in [0.717, 1.165) is 55.4 Å². The van der Waals surface area contributed by atoms with Crippen molar-refractivity contribution in [2.24, 2.45) is 0 Å². The molecule has 1 amide bonds. The minimum Gasteiger partial charge on any atom is -0.352 e. The van der Waals surface area contributed by atoms with Crippen molar-refractivity contribution in [3.05, 3.63) is 26.6 Å². The van der Waals surface area contributed by atoms with Gasteiger partial charge in [-0.3, -0.25) is 9.59 Å². The molecule has 0 bridgehead atoms. The van der Waals surface area contributed by atoms with Crippen LogP contribution in [0.15, 0.2) is 4.79 Å². The lowest BCUT2D eigenvalue weighted by Crippen LogP contribution is -2.48. The Kier molecular flexibility index (Phi) is 6.85. The van der Waals surface area contributed by atoms with Crippen molar-refractivity contribution in [2.75, 3.05) is 13.1 Å². The number of nitrogens with one attached hydrogen (secondary N) is 2. The van der Waals surface area contributed by atoms with Gasteiger partial charge in [-0.25, -0.2) is 4.98 Å². The summed E-state index contributed by atoms with van der Waals surface area (Å²) >= 11 is 3.20. The number of aromatic amines is 1. The molecule has 3 heterocycles. The van der Waals surface area contributed by atoms with Crippen LogP contribution in [0.3, 0.4) is 0 Å². The molecule has 1 aliphatic carbocycles. The normalized spacial score (nSPS) is 19.2. The SMILES string of the molecule is CC(C)N1CCC(NC(=O)[C@H](C)SCc2nc3sc4c(c3c(=O)[nH]2)CCCC4)CC1. The molecular formula is C22H32N4O2S2. The molecule has 0 radical (unpaired) electrons. The second kappa shape index (κ2) is 9.40. The summed E-state index contributed by atoms with van der Waals surface area (Å²) in [4.78, 5) is 37.6. The summed E-state index contributed by atoms with van der Waals surface area (Å²) < 4.78 is 0. The van der Waals surface area contributed by atoms with Gasteiger partial charge in [0.2, 0.25) is 5.91 Å². The summed E-state index contributed by atoms with van der Waals surface area (Å²) in [5.74, 6) is 1.28. The largest absolute Gasteiger partial charge is 0.352 e. The van der Waals surface area contributed by atoms with Crippen molar-refractivity contribution < 1.29 is 4.79 Å². The van der Waals surface area contributed by atoms with Crippen LogP contribution in [0, 0.1) is 0 Å². The van der Waals surface area contributed by atoms with E-state index >= 15 is 0 Å². The van der Waals surface area contributed by atoms with Gasteiger partial charge in [-0.2, -0.15) is 0 Å². The number of hydrogen-bond donors (Lipinski definition) is 2. The maximum atomic E-state index is 12.7. The average Bonchev–Trinajstić information content (AvgIpc) is 3.11. The highest BCUT2D eigenvalue weighted by Crippen LogP contribution is 2.33. The van der Waals surface area contributed by atoms with Gasteiger partial charge in [0.25, 0.3) is 5.56 Å². The first-order valence-electron chi connectivity index (χ1n) is 11.1. The number of hydrogen-bond acceptors (Lipinski definition) is 6. The first kappa shape index (κ1) is 21.8. The molecular weight excluding hydrogens is 416 g/mol. The van der Waals surface area contributed by atoms with E-state index in [4.69, 9.17) is 4.98 Å². The fraction of sp³-hybridized carbons (Fsp3) is 0.682. The number of carbonyl (C=O) groups is 1. The minimum absolute atomic E-state index is 0.0241. The number of fused-ring (bicyclic) bond motifs is 3. The summed E-state index contributed by atoms with van der Waals surface area (Å²) in [5.41, 5.74) is 1.19. The molecule has 1 aliphatic heterocycles. The van der Waals surface area contributed by atoms with Crippen LogP contribution in [0.4, 0.5) is 0 Å². The van der Waals surface area contributed by atoms with Crippen molar-refractivity contribution >= 4 is 39.2 Å². The Morgan fingerprint density at radius 1 is 1.27 bits per heavy atom. The summed E-state index contributed by atoms with van der Waals surface area (Å²) in [6.45, 7) is 8.46. The fourth-order valence-electron chi connectivity index (χ4n) is 4.44. The van der Waals surface area contributed by atoms with Gasteiger partial charge < -0.3 is 15.2 Å². The number of nitrogens with zero attached hydrogens (tertiary/aromatic N) is 2. The number of thiophene rings is 1. The van der Waals surface area contributed by atoms with E-state index in [1.807, 2.05) is 6.92 Å². The monoisotopic (exact) mass is 448 g/mol. The van der Waals surface area contributed by atoms with Gasteiger partial charge in [0, 0.05) is 30.1 Å². The highest BCUT2D eigenvalue weighted by Gasteiger charge is 2.24. The number of amides is 1. The Balaban J connectivity index is 1.33. The van der Waals surface area contributed by atoms with E-state index in [9.17, 15) is 9.59 Å². The van der Waals surface area contributed by atoms with Crippen LogP contribution in [0.1, 0.15) is 62.7 Å². The number of carbonyl (C=O) groups excluding carboxylic acids is 1. The molecule has 2 aromatic heterocycles. The van der Waals surface area contributed by atoms with Crippen LogP contribution in [0.25, 0.3) is 10.2 Å². The average molecular weight is 449 g/mol. The first-order valence-corrected chi connectivity index (χ1v) is 13.0. The molecule has 0 aromatic carbocycles. The maximum absolute atomic E-state index is 12.7. The molecule has 1 atom stereocenters. The molecule has 1 saturated heterocycles. The van der Waals surface area contributed by atoms with Crippen molar-refractivity contribution in [3.63, 3.8) is 0 Å². The first-order chi connectivity index (χ1) is 14.4. The Bertz CT molecular complexity index is 960. The Morgan fingerprint density at radius 2 is 2.00 bits per heavy atom. The molecule has 0 spiro atoms. The summed E-state index contributed by atoms with van der Waals surface area (Å²) in [6, 6.07) is 0.833. The molecule has 2 aromatic rings. The van der Waals surface area contributed by atoms with Crippen molar-refractivity contribution in [2.45, 2.75) is 82.4 Å². The second-order valence-corrected chi connectivity index (χ2v) is 11.2. The fourth-order valence-corrected chi connectivity index (χ4v) is 6.48. The Morgan fingerprint density at radius 3 is 2.73 bits per heavy atom. The number of rotatable bonds is 6. The topological polar surface area (TPSA) is 78.1 Å². The van der Waals surface area contributed by atoms with E-state index in [0.29, 0.717) is 17.6 Å². The number of aryl methyl sites for hydroxylation is 2. The molecule has 2 N–H and O–H groups in total. The Labute approximate surface area is 186 Å². The highest BCUT2D eigenvalue weighted by atomic mass is 32.2. The van der Waals surface area contributed by atoms with Gasteiger partial charge in [-0.15, -0.1) is 23.1 Å². The maximum Gasteiger partial charge on any atom is 0.259 e. The van der Waals surface area contributed by atoms with Crippen LogP contribution in [-0.4, -0.2) is 51.2 Å². The zero-order chi connectivity index (χ0) is 21.3. The lowest BCUT2D eigenvalue weighted by molar-refractivity contribution is -0.121. The number of piperidine rings is 1. The van der Waals surface area contributed by atoms with Gasteiger partial charge in [0.1, 0.15) is 10.7 Å². The van der Waals surface area contributed by atoms with Crippen LogP contribution in [0.2, 0.25) is 0 Å². The second-order valence-electron chi connectivity index (χ2n) is 8.77. The predicted octanol–water partition coefficient (Wildman–Crippen LogP) is 3.47. The number of H-pyrrole nitrogens is 1. The van der Waals surface area contributed by atoms with Crippen molar-refractivity contribution in [3.8, 4) is 0 Å². The van der Waals surface area contributed by atoms with Crippen molar-refractivity contribution in [1.82, 2.24) is 20.2 Å². The zero-order valence-corrected chi connectivity index (χ0v) is 19.8. The quantitative estimate of drug-likeness (QED) is 0.707. The lowest BCUT2D eigenvalue weighted by atomic mass is 9.97. The van der Waals surface area contributed by atoms with Gasteiger partial charge in [-0.05, 0) is 64.9 Å². The van der Waals surface area contributed by atoms with E-state index in [1.54, 1.807) is 11.3 Å². The minimum atomic E-state index is -0.175. The van der Waals surface area contributed by atoms with E-state index < -0.39 is 0 Å². The van der Waals surface area contributed by atoms with E-state index in [-0.39, 0.29) is 22.8 Å². The number of aromatic nitrogens is 2.